The molecule has 0 N–H and O–H groups in total. The van der Waals surface area contributed by atoms with Crippen LogP contribution in [0.5, 0.6) is 0 Å². The summed E-state index contributed by atoms with van der Waals surface area (Å²) in [6.45, 7) is 0. The van der Waals surface area contributed by atoms with Crippen LogP contribution in [0.2, 0.25) is 0 Å². The summed E-state index contributed by atoms with van der Waals surface area (Å²) in [6.07, 6.45) is 3.68. The summed E-state index contributed by atoms with van der Waals surface area (Å²) in [5.41, 5.74) is 13.9. The number of hydrogen-bond donors (Lipinski definition) is 0. The molecule has 2 aromatic heterocycles. The number of benzene rings is 5. The molecule has 0 radical (unpaired) electrons. The lowest BCUT2D eigenvalue weighted by Gasteiger charge is -2.27. The van der Waals surface area contributed by atoms with E-state index in [0.29, 0.717) is 0 Å². The van der Waals surface area contributed by atoms with Crippen molar-refractivity contribution in [3.63, 3.8) is 0 Å². The van der Waals surface area contributed by atoms with E-state index in [2.05, 4.69) is 148 Å². The number of nitrogens with zero attached hydrogens (tertiary/aromatic N) is 3. The molecule has 0 atom stereocenters. The van der Waals surface area contributed by atoms with E-state index in [1.54, 1.807) is 0 Å². The van der Waals surface area contributed by atoms with E-state index in [4.69, 9.17) is 0 Å². The second-order valence-electron chi connectivity index (χ2n) is 11.1. The van der Waals surface area contributed by atoms with Gasteiger partial charge in [-0.15, -0.1) is 0 Å². The number of aromatic nitrogens is 2. The van der Waals surface area contributed by atoms with Crippen molar-refractivity contribution in [2.75, 3.05) is 4.90 Å². The first-order valence-corrected chi connectivity index (χ1v) is 14.9. The Kier molecular flexibility index (Phi) is 6.54. The molecule has 0 fully saturated rings. The first-order chi connectivity index (χ1) is 21.8. The molecule has 0 amide bonds. The fourth-order valence-corrected chi connectivity index (χ4v) is 6.45. The fraction of sp³-hybridized carbons (Fsp3) is 0.0244. The summed E-state index contributed by atoms with van der Waals surface area (Å²) in [5, 5.41) is 0. The predicted molar refractivity (Wildman–Crippen MR) is 180 cm³/mol. The molecular weight excluding hydrogens is 534 g/mol. The van der Waals surface area contributed by atoms with Gasteiger partial charge in [0.2, 0.25) is 0 Å². The molecule has 3 nitrogen and oxygen atoms in total. The van der Waals surface area contributed by atoms with Gasteiger partial charge >= 0.3 is 0 Å². The van der Waals surface area contributed by atoms with Crippen LogP contribution in [-0.4, -0.2) is 9.97 Å². The monoisotopic (exact) mass is 563 g/mol. The summed E-state index contributed by atoms with van der Waals surface area (Å²) in [6, 6.07) is 55.9. The molecule has 1 aliphatic rings. The van der Waals surface area contributed by atoms with Crippen LogP contribution < -0.4 is 4.90 Å². The first-order valence-electron chi connectivity index (χ1n) is 14.9. The van der Waals surface area contributed by atoms with Gasteiger partial charge in [-0.1, -0.05) is 97.1 Å². The van der Waals surface area contributed by atoms with Gasteiger partial charge in [-0.25, -0.2) is 0 Å². The van der Waals surface area contributed by atoms with E-state index in [1.165, 1.54) is 27.8 Å². The van der Waals surface area contributed by atoms with Crippen LogP contribution in [0.25, 0.3) is 33.6 Å². The van der Waals surface area contributed by atoms with Crippen molar-refractivity contribution >= 4 is 17.1 Å². The zero-order valence-corrected chi connectivity index (χ0v) is 24.1. The Morgan fingerprint density at radius 1 is 0.409 bits per heavy atom. The number of fused-ring (bicyclic) bond motifs is 3. The molecule has 44 heavy (non-hydrogen) atoms. The molecule has 208 valence electrons. The van der Waals surface area contributed by atoms with Crippen molar-refractivity contribution in [3.05, 3.63) is 187 Å². The third-order valence-electron chi connectivity index (χ3n) is 8.45. The second kappa shape index (κ2) is 11.1. The van der Waals surface area contributed by atoms with Crippen molar-refractivity contribution in [2.24, 2.45) is 0 Å². The van der Waals surface area contributed by atoms with E-state index in [0.717, 1.165) is 39.6 Å². The fourth-order valence-electron chi connectivity index (χ4n) is 6.45. The zero-order valence-electron chi connectivity index (χ0n) is 24.1. The molecule has 0 bridgehead atoms. The van der Waals surface area contributed by atoms with E-state index < -0.39 is 0 Å². The van der Waals surface area contributed by atoms with E-state index in [9.17, 15) is 0 Å². The van der Waals surface area contributed by atoms with Gasteiger partial charge in [0.1, 0.15) is 0 Å². The van der Waals surface area contributed by atoms with E-state index in [1.807, 2.05) is 36.7 Å². The molecule has 5 aromatic carbocycles. The smallest absolute Gasteiger partial charge is 0.0702 e. The lowest BCUT2D eigenvalue weighted by molar-refractivity contribution is 1.01. The second-order valence-corrected chi connectivity index (χ2v) is 11.1. The quantitative estimate of drug-likeness (QED) is 0.201. The number of hydrogen-bond acceptors (Lipinski definition) is 3. The van der Waals surface area contributed by atoms with Gasteiger partial charge in [0.25, 0.3) is 0 Å². The van der Waals surface area contributed by atoms with Crippen molar-refractivity contribution in [1.82, 2.24) is 9.97 Å². The molecule has 0 saturated heterocycles. The highest BCUT2D eigenvalue weighted by Crippen LogP contribution is 2.48. The number of anilines is 3. The third kappa shape index (κ3) is 4.65. The van der Waals surface area contributed by atoms with Crippen molar-refractivity contribution in [2.45, 2.75) is 5.92 Å². The largest absolute Gasteiger partial charge is 0.310 e. The van der Waals surface area contributed by atoms with Gasteiger partial charge in [0, 0.05) is 46.5 Å². The Hall–Kier alpha value is -5.80. The highest BCUT2D eigenvalue weighted by atomic mass is 15.1. The highest BCUT2D eigenvalue weighted by Gasteiger charge is 2.29. The summed E-state index contributed by atoms with van der Waals surface area (Å²) in [7, 11) is 0. The Morgan fingerprint density at radius 2 is 0.909 bits per heavy atom. The van der Waals surface area contributed by atoms with Crippen LogP contribution in [0.4, 0.5) is 17.1 Å². The molecule has 2 heterocycles. The average molecular weight is 564 g/mol. The molecule has 0 saturated carbocycles. The predicted octanol–water partition coefficient (Wildman–Crippen LogP) is 10.4. The van der Waals surface area contributed by atoms with Gasteiger partial charge in [0.15, 0.2) is 0 Å². The topological polar surface area (TPSA) is 29.0 Å². The van der Waals surface area contributed by atoms with E-state index in [-0.39, 0.29) is 5.92 Å². The average Bonchev–Trinajstić information content (AvgIpc) is 3.44. The minimum Gasteiger partial charge on any atom is -0.310 e. The summed E-state index contributed by atoms with van der Waals surface area (Å²) < 4.78 is 0. The van der Waals surface area contributed by atoms with Gasteiger partial charge in [-0.05, 0) is 88.5 Å². The maximum atomic E-state index is 4.61. The molecule has 0 spiro atoms. The summed E-state index contributed by atoms with van der Waals surface area (Å²) in [5.74, 6) is 0.213. The van der Waals surface area contributed by atoms with Crippen molar-refractivity contribution < 1.29 is 0 Å². The maximum Gasteiger partial charge on any atom is 0.0702 e. The van der Waals surface area contributed by atoms with Gasteiger partial charge in [-0.2, -0.15) is 0 Å². The Balaban J connectivity index is 1.24. The Bertz CT molecular complexity index is 1940. The zero-order chi connectivity index (χ0) is 29.3. The first kappa shape index (κ1) is 25.9. The molecule has 1 aliphatic carbocycles. The molecule has 3 heteroatoms. The van der Waals surface area contributed by atoms with Gasteiger partial charge < -0.3 is 4.90 Å². The molecule has 0 unspecified atom stereocenters. The van der Waals surface area contributed by atoms with Crippen LogP contribution in [0, 0.1) is 0 Å². The molecule has 0 aliphatic heterocycles. The minimum atomic E-state index is 0.213. The van der Waals surface area contributed by atoms with Gasteiger partial charge in [-0.3, -0.25) is 9.97 Å². The van der Waals surface area contributed by atoms with Crippen LogP contribution >= 0.6 is 0 Å². The normalized spacial score (nSPS) is 12.0. The van der Waals surface area contributed by atoms with Crippen LogP contribution in [-0.2, 0) is 0 Å². The Labute approximate surface area is 257 Å². The highest BCUT2D eigenvalue weighted by molar-refractivity contribution is 5.83. The SMILES string of the molecule is c1ccc(-c2cccc(N(c3ccc(C4c5ccccc5-c5ccccc54)cc3)c3cccc(-c4ccccn4)c3)c2)nc1. The molecular formula is C41H29N3. The number of pyridine rings is 2. The van der Waals surface area contributed by atoms with Gasteiger partial charge in [0.05, 0.1) is 11.4 Å². The molecule has 8 rings (SSSR count). The summed E-state index contributed by atoms with van der Waals surface area (Å²) in [4.78, 5) is 11.5. The van der Waals surface area contributed by atoms with Crippen LogP contribution in [0.15, 0.2) is 170 Å². The standard InChI is InChI=1S/C41H29N3/c1-3-17-37-35(15-1)36-16-2-4-18-38(36)41(37)29-21-23-32(24-22-29)44(33-13-9-11-30(27-33)39-19-5-7-25-42-39)34-14-10-12-31(28-34)40-20-6-8-26-43-40/h1-28,41H. The van der Waals surface area contributed by atoms with Crippen molar-refractivity contribution in [3.8, 4) is 33.6 Å². The van der Waals surface area contributed by atoms with E-state index >= 15 is 0 Å². The Morgan fingerprint density at radius 3 is 1.41 bits per heavy atom. The van der Waals surface area contributed by atoms with Crippen LogP contribution in [0.3, 0.4) is 0 Å². The maximum absolute atomic E-state index is 4.61. The van der Waals surface area contributed by atoms with Crippen LogP contribution in [0.1, 0.15) is 22.6 Å². The number of rotatable bonds is 6. The lowest BCUT2D eigenvalue weighted by atomic mass is 9.89. The molecule has 7 aromatic rings. The lowest BCUT2D eigenvalue weighted by Crippen LogP contribution is -2.10. The van der Waals surface area contributed by atoms with Crippen molar-refractivity contribution in [1.29, 1.82) is 0 Å². The third-order valence-corrected chi connectivity index (χ3v) is 8.45. The minimum absolute atomic E-state index is 0.213. The summed E-state index contributed by atoms with van der Waals surface area (Å²) >= 11 is 0.